The van der Waals surface area contributed by atoms with Gasteiger partial charge in [-0.2, -0.15) is 4.31 Å². The van der Waals surface area contributed by atoms with Crippen molar-refractivity contribution in [1.29, 1.82) is 0 Å². The Kier molecular flexibility index (Phi) is 4.87. The lowest BCUT2D eigenvalue weighted by molar-refractivity contribution is 0.217. The van der Waals surface area contributed by atoms with Gasteiger partial charge in [-0.1, -0.05) is 20.8 Å². The molecule has 0 spiro atoms. The van der Waals surface area contributed by atoms with Crippen molar-refractivity contribution in [1.82, 2.24) is 4.31 Å². The fourth-order valence-electron chi connectivity index (χ4n) is 1.46. The van der Waals surface area contributed by atoms with E-state index in [9.17, 15) is 8.42 Å². The van der Waals surface area contributed by atoms with E-state index < -0.39 is 10.0 Å². The van der Waals surface area contributed by atoms with E-state index in [-0.39, 0.29) is 11.5 Å². The minimum Gasteiger partial charge on any atom is -0.206 e. The molecule has 1 aromatic heterocycles. The first-order valence-electron chi connectivity index (χ1n) is 5.73. The summed E-state index contributed by atoms with van der Waals surface area (Å²) >= 11 is 6.94. The van der Waals surface area contributed by atoms with Crippen molar-refractivity contribution in [3.63, 3.8) is 0 Å². The molecule has 1 heterocycles. The van der Waals surface area contributed by atoms with Crippen molar-refractivity contribution in [2.45, 2.75) is 43.8 Å². The van der Waals surface area contributed by atoms with E-state index in [0.717, 1.165) is 4.88 Å². The van der Waals surface area contributed by atoms with E-state index in [1.165, 1.54) is 15.6 Å². The van der Waals surface area contributed by atoms with Gasteiger partial charge in [-0.15, -0.1) is 22.9 Å². The maximum atomic E-state index is 12.4. The second-order valence-corrected chi connectivity index (χ2v) is 9.08. The molecule has 0 N–H and O–H groups in total. The van der Waals surface area contributed by atoms with Gasteiger partial charge in [-0.05, 0) is 24.5 Å². The Morgan fingerprint density at radius 1 is 1.39 bits per heavy atom. The van der Waals surface area contributed by atoms with E-state index in [2.05, 4.69) is 0 Å². The van der Waals surface area contributed by atoms with Crippen molar-refractivity contribution in [2.24, 2.45) is 5.41 Å². The standard InChI is InChI=1S/C12H20ClNO2S2/c1-9(12(2,3)4)14(5)18(15,16)11-7-6-10(8-13)17-11/h6-7,9H,8H2,1-5H3. The van der Waals surface area contributed by atoms with Gasteiger partial charge in [0.15, 0.2) is 0 Å². The fourth-order valence-corrected chi connectivity index (χ4v) is 4.65. The third-order valence-corrected chi connectivity index (χ3v) is 7.13. The first-order valence-corrected chi connectivity index (χ1v) is 8.52. The predicted molar refractivity (Wildman–Crippen MR) is 77.7 cm³/mol. The number of hydrogen-bond donors (Lipinski definition) is 0. The minimum absolute atomic E-state index is 0.0796. The monoisotopic (exact) mass is 309 g/mol. The highest BCUT2D eigenvalue weighted by molar-refractivity contribution is 7.91. The fraction of sp³-hybridized carbons (Fsp3) is 0.667. The summed E-state index contributed by atoms with van der Waals surface area (Å²) in [4.78, 5) is 0.868. The number of hydrogen-bond acceptors (Lipinski definition) is 3. The van der Waals surface area contributed by atoms with Crippen molar-refractivity contribution in [2.75, 3.05) is 7.05 Å². The van der Waals surface area contributed by atoms with Gasteiger partial charge in [0.05, 0.1) is 5.88 Å². The molecule has 0 bridgehead atoms. The van der Waals surface area contributed by atoms with Gasteiger partial charge < -0.3 is 0 Å². The molecule has 1 unspecified atom stereocenters. The third-order valence-electron chi connectivity index (χ3n) is 3.20. The molecule has 18 heavy (non-hydrogen) atoms. The molecule has 1 rings (SSSR count). The Balaban J connectivity index is 3.07. The molecule has 0 aliphatic rings. The van der Waals surface area contributed by atoms with Crippen LogP contribution < -0.4 is 0 Å². The lowest BCUT2D eigenvalue weighted by atomic mass is 9.88. The number of thiophene rings is 1. The van der Waals surface area contributed by atoms with Gasteiger partial charge in [-0.3, -0.25) is 0 Å². The molecule has 1 aromatic rings. The molecule has 1 atom stereocenters. The molecule has 0 radical (unpaired) electrons. The van der Waals surface area contributed by atoms with E-state index in [0.29, 0.717) is 10.1 Å². The van der Waals surface area contributed by atoms with Gasteiger partial charge in [0.1, 0.15) is 4.21 Å². The van der Waals surface area contributed by atoms with E-state index >= 15 is 0 Å². The van der Waals surface area contributed by atoms with Crippen molar-refractivity contribution < 1.29 is 8.42 Å². The van der Waals surface area contributed by atoms with Crippen molar-refractivity contribution >= 4 is 33.0 Å². The van der Waals surface area contributed by atoms with Crippen LogP contribution in [0.4, 0.5) is 0 Å². The summed E-state index contributed by atoms with van der Waals surface area (Å²) in [5.74, 6) is 0.346. The Bertz CT molecular complexity index is 502. The number of rotatable bonds is 4. The predicted octanol–water partition coefficient (Wildman–Crippen LogP) is 3.54. The maximum absolute atomic E-state index is 12.4. The lowest BCUT2D eigenvalue weighted by Crippen LogP contribution is -2.42. The number of nitrogens with zero attached hydrogens (tertiary/aromatic N) is 1. The average Bonchev–Trinajstić information content (AvgIpc) is 2.74. The van der Waals surface area contributed by atoms with E-state index in [1.807, 2.05) is 27.7 Å². The second kappa shape index (κ2) is 5.49. The first-order chi connectivity index (χ1) is 8.10. The van der Waals surface area contributed by atoms with E-state index in [1.54, 1.807) is 19.2 Å². The van der Waals surface area contributed by atoms with Gasteiger partial charge in [0, 0.05) is 18.0 Å². The minimum atomic E-state index is -3.42. The maximum Gasteiger partial charge on any atom is 0.252 e. The number of alkyl halides is 1. The van der Waals surface area contributed by atoms with Crippen LogP contribution in [0.25, 0.3) is 0 Å². The zero-order valence-electron chi connectivity index (χ0n) is 11.4. The SMILES string of the molecule is CC(N(C)S(=O)(=O)c1ccc(CCl)s1)C(C)(C)C. The van der Waals surface area contributed by atoms with Crippen LogP contribution >= 0.6 is 22.9 Å². The molecule has 0 aliphatic carbocycles. The summed E-state index contributed by atoms with van der Waals surface area (Å²) in [6.07, 6.45) is 0. The summed E-state index contributed by atoms with van der Waals surface area (Å²) in [6.45, 7) is 8.01. The summed E-state index contributed by atoms with van der Waals surface area (Å²) < 4.78 is 26.7. The lowest BCUT2D eigenvalue weighted by Gasteiger charge is -2.34. The highest BCUT2D eigenvalue weighted by atomic mass is 35.5. The van der Waals surface area contributed by atoms with Gasteiger partial charge in [-0.25, -0.2) is 8.42 Å². The van der Waals surface area contributed by atoms with Gasteiger partial charge >= 0.3 is 0 Å². The molecule has 0 aromatic carbocycles. The Hall–Kier alpha value is -0.100. The van der Waals surface area contributed by atoms with Crippen LogP contribution in [0.2, 0.25) is 0 Å². The Morgan fingerprint density at radius 3 is 2.33 bits per heavy atom. The molecular formula is C12H20ClNO2S2. The van der Waals surface area contributed by atoms with Crippen LogP contribution in [0.5, 0.6) is 0 Å². The third kappa shape index (κ3) is 3.26. The molecule has 0 saturated heterocycles. The number of sulfonamides is 1. The summed E-state index contributed by atoms with van der Waals surface area (Å²) in [5.41, 5.74) is -0.103. The zero-order chi connectivity index (χ0) is 14.1. The smallest absolute Gasteiger partial charge is 0.206 e. The Labute approximate surface area is 119 Å². The second-order valence-electron chi connectivity index (χ2n) is 5.42. The molecule has 0 saturated carbocycles. The molecular weight excluding hydrogens is 290 g/mol. The molecule has 0 aliphatic heterocycles. The number of halogens is 1. The van der Waals surface area contributed by atoms with Crippen molar-refractivity contribution in [3.05, 3.63) is 17.0 Å². The van der Waals surface area contributed by atoms with Crippen LogP contribution in [-0.4, -0.2) is 25.8 Å². The van der Waals surface area contributed by atoms with Crippen LogP contribution in [-0.2, 0) is 15.9 Å². The molecule has 0 amide bonds. The van der Waals surface area contributed by atoms with Crippen molar-refractivity contribution in [3.8, 4) is 0 Å². The largest absolute Gasteiger partial charge is 0.252 e. The summed E-state index contributed by atoms with van der Waals surface area (Å²) in [5, 5.41) is 0. The Morgan fingerprint density at radius 2 is 1.94 bits per heavy atom. The van der Waals surface area contributed by atoms with Crippen LogP contribution in [0, 0.1) is 5.41 Å². The van der Waals surface area contributed by atoms with Crippen LogP contribution in [0.15, 0.2) is 16.3 Å². The topological polar surface area (TPSA) is 37.4 Å². The summed E-state index contributed by atoms with van der Waals surface area (Å²) in [7, 11) is -1.79. The van der Waals surface area contributed by atoms with E-state index in [4.69, 9.17) is 11.6 Å². The van der Waals surface area contributed by atoms with Gasteiger partial charge in [0.25, 0.3) is 10.0 Å². The zero-order valence-corrected chi connectivity index (χ0v) is 13.8. The molecule has 0 fully saturated rings. The summed E-state index contributed by atoms with van der Waals surface area (Å²) in [6, 6.07) is 3.31. The molecule has 3 nitrogen and oxygen atoms in total. The quantitative estimate of drug-likeness (QED) is 0.798. The van der Waals surface area contributed by atoms with Gasteiger partial charge in [0.2, 0.25) is 0 Å². The van der Waals surface area contributed by atoms with Crippen LogP contribution in [0.1, 0.15) is 32.6 Å². The highest BCUT2D eigenvalue weighted by Gasteiger charge is 2.33. The molecule has 104 valence electrons. The normalized spacial score (nSPS) is 15.1. The molecule has 6 heteroatoms. The highest BCUT2D eigenvalue weighted by Crippen LogP contribution is 2.30. The van der Waals surface area contributed by atoms with Crippen LogP contribution in [0.3, 0.4) is 0 Å². The average molecular weight is 310 g/mol. The first kappa shape index (κ1) is 16.0.